The van der Waals surface area contributed by atoms with Gasteiger partial charge in [0.2, 0.25) is 0 Å². The van der Waals surface area contributed by atoms with E-state index >= 15 is 0 Å². The number of carbonyl (C=O) groups is 2. The van der Waals surface area contributed by atoms with Crippen molar-refractivity contribution in [2.75, 3.05) is 19.6 Å². The molecule has 2 amide bonds. The van der Waals surface area contributed by atoms with E-state index in [0.29, 0.717) is 30.4 Å². The monoisotopic (exact) mass is 377 g/mol. The lowest BCUT2D eigenvalue weighted by Gasteiger charge is -2.24. The van der Waals surface area contributed by atoms with Gasteiger partial charge in [0.15, 0.2) is 0 Å². The minimum absolute atomic E-state index is 0.159. The fourth-order valence-electron chi connectivity index (χ4n) is 3.05. The molecule has 1 atom stereocenters. The molecule has 1 aromatic heterocycles. The number of likely N-dealkylation sites (tertiary alicyclic amines) is 1. The van der Waals surface area contributed by atoms with E-state index in [2.05, 4.69) is 10.3 Å². The number of ether oxygens (including phenoxy) is 1. The minimum atomic E-state index is -0.498. The van der Waals surface area contributed by atoms with Crippen molar-refractivity contribution in [1.29, 1.82) is 0 Å². The third kappa shape index (κ3) is 4.49. The quantitative estimate of drug-likeness (QED) is 0.854. The van der Waals surface area contributed by atoms with Crippen molar-refractivity contribution >= 4 is 34.5 Å². The summed E-state index contributed by atoms with van der Waals surface area (Å²) in [7, 11) is 0. The van der Waals surface area contributed by atoms with E-state index in [1.54, 1.807) is 17.0 Å². The zero-order chi connectivity index (χ0) is 18.9. The number of H-pyrrole nitrogens is 1. The van der Waals surface area contributed by atoms with Crippen LogP contribution in [0.2, 0.25) is 5.02 Å². The van der Waals surface area contributed by atoms with Crippen molar-refractivity contribution in [3.8, 4) is 0 Å². The third-order valence-corrected chi connectivity index (χ3v) is 4.55. The maximum absolute atomic E-state index is 12.4. The predicted molar refractivity (Wildman–Crippen MR) is 102 cm³/mol. The van der Waals surface area contributed by atoms with Crippen molar-refractivity contribution in [3.05, 3.63) is 35.0 Å². The normalized spacial score (nSPS) is 17.5. The lowest BCUT2D eigenvalue weighted by molar-refractivity contribution is 0.0288. The highest BCUT2D eigenvalue weighted by Crippen LogP contribution is 2.21. The molecule has 1 aliphatic rings. The summed E-state index contributed by atoms with van der Waals surface area (Å²) in [6, 6.07) is 7.27. The number of rotatable bonds is 3. The molecule has 0 aliphatic carbocycles. The van der Waals surface area contributed by atoms with Gasteiger partial charge in [-0.2, -0.15) is 0 Å². The summed E-state index contributed by atoms with van der Waals surface area (Å²) < 4.78 is 5.39. The molecule has 0 radical (unpaired) electrons. The molecule has 1 unspecified atom stereocenters. The van der Waals surface area contributed by atoms with Gasteiger partial charge < -0.3 is 19.9 Å². The second-order valence-electron chi connectivity index (χ2n) is 7.71. The first-order chi connectivity index (χ1) is 12.2. The lowest BCUT2D eigenvalue weighted by Crippen LogP contribution is -2.36. The Morgan fingerprint density at radius 2 is 2.12 bits per heavy atom. The Morgan fingerprint density at radius 1 is 1.35 bits per heavy atom. The van der Waals surface area contributed by atoms with Gasteiger partial charge in [-0.1, -0.05) is 17.7 Å². The Labute approximate surface area is 157 Å². The van der Waals surface area contributed by atoms with Gasteiger partial charge in [0.25, 0.3) is 5.91 Å². The maximum atomic E-state index is 12.4. The number of nitrogens with zero attached hydrogens (tertiary/aromatic N) is 1. The van der Waals surface area contributed by atoms with Gasteiger partial charge in [0.1, 0.15) is 11.3 Å². The summed E-state index contributed by atoms with van der Waals surface area (Å²) in [6.07, 6.45) is 0.556. The Morgan fingerprint density at radius 3 is 2.85 bits per heavy atom. The summed E-state index contributed by atoms with van der Waals surface area (Å²) in [5.74, 6) is 0.0679. The molecule has 140 valence electrons. The number of aromatic amines is 1. The van der Waals surface area contributed by atoms with E-state index in [0.717, 1.165) is 17.3 Å². The number of benzene rings is 1. The van der Waals surface area contributed by atoms with E-state index in [9.17, 15) is 9.59 Å². The average Bonchev–Trinajstić information content (AvgIpc) is 3.17. The van der Waals surface area contributed by atoms with Crippen molar-refractivity contribution in [2.24, 2.45) is 5.92 Å². The number of hydrogen-bond acceptors (Lipinski definition) is 3. The van der Waals surface area contributed by atoms with Crippen LogP contribution < -0.4 is 5.32 Å². The van der Waals surface area contributed by atoms with Crippen LogP contribution in [0.3, 0.4) is 0 Å². The van der Waals surface area contributed by atoms with Crippen LogP contribution in [0.25, 0.3) is 10.9 Å². The van der Waals surface area contributed by atoms with E-state index in [1.807, 2.05) is 32.9 Å². The molecule has 1 aromatic carbocycles. The first-order valence-corrected chi connectivity index (χ1v) is 9.13. The summed E-state index contributed by atoms with van der Waals surface area (Å²) in [4.78, 5) is 29.3. The van der Waals surface area contributed by atoms with Gasteiger partial charge in [-0.3, -0.25) is 4.79 Å². The van der Waals surface area contributed by atoms with Crippen LogP contribution in [0.5, 0.6) is 0 Å². The summed E-state index contributed by atoms with van der Waals surface area (Å²) >= 11 is 5.97. The second-order valence-corrected chi connectivity index (χ2v) is 8.14. The summed E-state index contributed by atoms with van der Waals surface area (Å²) in [5, 5.41) is 4.51. The molecule has 1 saturated heterocycles. The molecule has 0 saturated carbocycles. The van der Waals surface area contributed by atoms with Crippen LogP contribution in [0, 0.1) is 5.92 Å². The van der Waals surface area contributed by atoms with E-state index < -0.39 is 5.60 Å². The predicted octanol–water partition coefficient (Wildman–Crippen LogP) is 3.81. The van der Waals surface area contributed by atoms with Gasteiger partial charge in [-0.05, 0) is 51.3 Å². The van der Waals surface area contributed by atoms with E-state index in [-0.39, 0.29) is 17.9 Å². The van der Waals surface area contributed by atoms with Gasteiger partial charge >= 0.3 is 6.09 Å². The molecule has 6 nitrogen and oxygen atoms in total. The fraction of sp³-hybridized carbons (Fsp3) is 0.474. The zero-order valence-corrected chi connectivity index (χ0v) is 16.0. The number of aromatic nitrogens is 1. The molecule has 26 heavy (non-hydrogen) atoms. The number of hydrogen-bond donors (Lipinski definition) is 2. The number of amides is 2. The topological polar surface area (TPSA) is 74.4 Å². The molecule has 2 aromatic rings. The van der Waals surface area contributed by atoms with Gasteiger partial charge in [0, 0.05) is 35.6 Å². The molecule has 2 heterocycles. The molecule has 1 fully saturated rings. The van der Waals surface area contributed by atoms with Crippen LogP contribution in [-0.2, 0) is 4.74 Å². The minimum Gasteiger partial charge on any atom is -0.444 e. The van der Waals surface area contributed by atoms with Crippen molar-refractivity contribution in [1.82, 2.24) is 15.2 Å². The van der Waals surface area contributed by atoms with Crippen LogP contribution in [-0.4, -0.2) is 47.1 Å². The molecule has 0 bridgehead atoms. The van der Waals surface area contributed by atoms with Crippen LogP contribution >= 0.6 is 11.6 Å². The van der Waals surface area contributed by atoms with Gasteiger partial charge in [-0.15, -0.1) is 0 Å². The highest BCUT2D eigenvalue weighted by molar-refractivity contribution is 6.31. The fourth-order valence-corrected chi connectivity index (χ4v) is 3.22. The van der Waals surface area contributed by atoms with Crippen LogP contribution in [0.15, 0.2) is 24.3 Å². The van der Waals surface area contributed by atoms with Crippen molar-refractivity contribution in [3.63, 3.8) is 0 Å². The summed E-state index contributed by atoms with van der Waals surface area (Å²) in [5.41, 5.74) is 0.839. The molecule has 1 aliphatic heterocycles. The maximum Gasteiger partial charge on any atom is 0.410 e. The highest BCUT2D eigenvalue weighted by atomic mass is 35.5. The van der Waals surface area contributed by atoms with E-state index in [1.165, 1.54) is 0 Å². The Balaban J connectivity index is 1.52. The van der Waals surface area contributed by atoms with Crippen LogP contribution in [0.1, 0.15) is 37.7 Å². The van der Waals surface area contributed by atoms with Gasteiger partial charge in [0.05, 0.1) is 0 Å². The molecular formula is C19H24ClN3O3. The number of halogens is 1. The smallest absolute Gasteiger partial charge is 0.410 e. The first-order valence-electron chi connectivity index (χ1n) is 8.76. The Hall–Kier alpha value is -2.21. The molecule has 3 rings (SSSR count). The second kappa shape index (κ2) is 7.19. The number of fused-ring (bicyclic) bond motifs is 1. The third-order valence-electron chi connectivity index (χ3n) is 4.32. The van der Waals surface area contributed by atoms with Crippen molar-refractivity contribution in [2.45, 2.75) is 32.8 Å². The molecule has 2 N–H and O–H groups in total. The lowest BCUT2D eigenvalue weighted by atomic mass is 10.1. The number of nitrogens with one attached hydrogen (secondary N) is 2. The number of carbonyl (C=O) groups excluding carboxylic acids is 2. The molecular weight excluding hydrogens is 354 g/mol. The SMILES string of the molecule is CC(C)(C)OC(=O)N1CCC(CNC(=O)c2cc3ccc(Cl)cc3[nH]2)C1. The average molecular weight is 378 g/mol. The first kappa shape index (κ1) is 18.6. The molecule has 0 spiro atoms. The standard InChI is InChI=1S/C19H24ClN3O3/c1-19(2,3)26-18(25)23-7-6-12(11-23)10-21-17(24)16-8-13-4-5-14(20)9-15(13)22-16/h4-5,8-9,12,22H,6-7,10-11H2,1-3H3,(H,21,24). The van der Waals surface area contributed by atoms with Gasteiger partial charge in [-0.25, -0.2) is 4.79 Å². The van der Waals surface area contributed by atoms with E-state index in [4.69, 9.17) is 16.3 Å². The Bertz CT molecular complexity index is 825. The van der Waals surface area contributed by atoms with Crippen molar-refractivity contribution < 1.29 is 14.3 Å². The Kier molecular flexibility index (Phi) is 5.14. The summed E-state index contributed by atoms with van der Waals surface area (Å²) in [6.45, 7) is 7.33. The highest BCUT2D eigenvalue weighted by Gasteiger charge is 2.30. The molecule has 7 heteroatoms. The largest absolute Gasteiger partial charge is 0.444 e. The zero-order valence-electron chi connectivity index (χ0n) is 15.3. The van der Waals surface area contributed by atoms with Crippen LogP contribution in [0.4, 0.5) is 4.79 Å².